The lowest BCUT2D eigenvalue weighted by Gasteiger charge is -2.17. The van der Waals surface area contributed by atoms with Gasteiger partial charge in [-0.2, -0.15) is 4.31 Å². The Labute approximate surface area is 122 Å². The van der Waals surface area contributed by atoms with Crippen molar-refractivity contribution in [2.24, 2.45) is 11.8 Å². The molecule has 0 aromatic heterocycles. The van der Waals surface area contributed by atoms with Gasteiger partial charge in [0.15, 0.2) is 0 Å². The molecule has 7 nitrogen and oxygen atoms in total. The van der Waals surface area contributed by atoms with E-state index in [0.717, 1.165) is 18.9 Å². The van der Waals surface area contributed by atoms with E-state index >= 15 is 0 Å². The molecule has 1 heterocycles. The number of benzene rings is 1. The maximum Gasteiger partial charge on any atom is 0.292 e. The van der Waals surface area contributed by atoms with Crippen LogP contribution in [0.5, 0.6) is 0 Å². The van der Waals surface area contributed by atoms with Gasteiger partial charge in [0.2, 0.25) is 10.0 Å². The Morgan fingerprint density at radius 3 is 2.38 bits per heavy atom. The molecular formula is C13H17N3O4S. The van der Waals surface area contributed by atoms with Gasteiger partial charge in [-0.1, -0.05) is 6.42 Å². The molecule has 1 aromatic rings. The number of nitrogens with zero attached hydrogens (tertiary/aromatic N) is 2. The van der Waals surface area contributed by atoms with Crippen LogP contribution in [0.3, 0.4) is 0 Å². The highest BCUT2D eigenvalue weighted by Crippen LogP contribution is 2.40. The number of rotatable bonds is 3. The molecule has 2 N–H and O–H groups in total. The van der Waals surface area contributed by atoms with E-state index in [1.165, 1.54) is 22.9 Å². The van der Waals surface area contributed by atoms with Crippen LogP contribution in [0.4, 0.5) is 11.4 Å². The van der Waals surface area contributed by atoms with E-state index in [0.29, 0.717) is 24.9 Å². The molecule has 2 aliphatic rings. The molecule has 114 valence electrons. The predicted octanol–water partition coefficient (Wildman–Crippen LogP) is 1.60. The van der Waals surface area contributed by atoms with Crippen molar-refractivity contribution in [1.29, 1.82) is 0 Å². The van der Waals surface area contributed by atoms with E-state index in [2.05, 4.69) is 0 Å². The second-order valence-corrected chi connectivity index (χ2v) is 7.69. The number of hydrogen-bond donors (Lipinski definition) is 1. The standard InChI is InChI=1S/C13H17N3O4S/c14-12-6-11(4-5-13(12)16(17)18)21(19,20)15-7-9-2-1-3-10(9)8-15/h4-6,9-10H,1-3,7-8,14H2. The van der Waals surface area contributed by atoms with Crippen molar-refractivity contribution in [2.45, 2.75) is 24.2 Å². The highest BCUT2D eigenvalue weighted by atomic mass is 32.2. The van der Waals surface area contributed by atoms with Gasteiger partial charge in [0.1, 0.15) is 5.69 Å². The predicted molar refractivity (Wildman–Crippen MR) is 77.1 cm³/mol. The van der Waals surface area contributed by atoms with E-state index in [1.807, 2.05) is 0 Å². The van der Waals surface area contributed by atoms with Crippen LogP contribution < -0.4 is 5.73 Å². The van der Waals surface area contributed by atoms with Crippen LogP contribution >= 0.6 is 0 Å². The molecule has 1 saturated carbocycles. The van der Waals surface area contributed by atoms with Crippen molar-refractivity contribution >= 4 is 21.4 Å². The van der Waals surface area contributed by atoms with Crippen LogP contribution in [0.15, 0.2) is 23.1 Å². The minimum atomic E-state index is -3.61. The van der Waals surface area contributed by atoms with Gasteiger partial charge in [-0.05, 0) is 36.8 Å². The van der Waals surface area contributed by atoms with Gasteiger partial charge in [-0.15, -0.1) is 0 Å². The normalized spacial score (nSPS) is 25.9. The first kappa shape index (κ1) is 14.3. The first-order valence-corrected chi connectivity index (χ1v) is 8.37. The zero-order valence-corrected chi connectivity index (χ0v) is 12.3. The van der Waals surface area contributed by atoms with Crippen molar-refractivity contribution < 1.29 is 13.3 Å². The summed E-state index contributed by atoms with van der Waals surface area (Å²) in [4.78, 5) is 10.2. The zero-order valence-electron chi connectivity index (χ0n) is 11.4. The summed E-state index contributed by atoms with van der Waals surface area (Å²) in [5, 5.41) is 10.7. The molecule has 0 spiro atoms. The van der Waals surface area contributed by atoms with Gasteiger partial charge in [0, 0.05) is 19.2 Å². The average molecular weight is 311 g/mol. The molecule has 8 heteroatoms. The molecule has 1 aliphatic heterocycles. The summed E-state index contributed by atoms with van der Waals surface area (Å²) in [5.41, 5.74) is 5.19. The molecule has 1 saturated heterocycles. The second kappa shape index (κ2) is 4.96. The van der Waals surface area contributed by atoms with Crippen molar-refractivity contribution in [3.05, 3.63) is 28.3 Å². The Morgan fingerprint density at radius 2 is 1.86 bits per heavy atom. The summed E-state index contributed by atoms with van der Waals surface area (Å²) in [6, 6.07) is 3.60. The molecule has 1 aliphatic carbocycles. The van der Waals surface area contributed by atoms with E-state index in [4.69, 9.17) is 5.73 Å². The summed E-state index contributed by atoms with van der Waals surface area (Å²) in [6.07, 6.45) is 3.34. The smallest absolute Gasteiger partial charge is 0.292 e. The Morgan fingerprint density at radius 1 is 1.24 bits per heavy atom. The fraction of sp³-hybridized carbons (Fsp3) is 0.538. The van der Waals surface area contributed by atoms with Gasteiger partial charge in [0.25, 0.3) is 5.69 Å². The van der Waals surface area contributed by atoms with Crippen LogP contribution in [-0.2, 0) is 10.0 Å². The summed E-state index contributed by atoms with van der Waals surface area (Å²) < 4.78 is 26.7. The van der Waals surface area contributed by atoms with Gasteiger partial charge >= 0.3 is 0 Å². The third kappa shape index (κ3) is 2.38. The molecule has 1 aromatic carbocycles. The molecule has 2 fully saturated rings. The lowest BCUT2D eigenvalue weighted by Crippen LogP contribution is -2.29. The Balaban J connectivity index is 1.89. The lowest BCUT2D eigenvalue weighted by molar-refractivity contribution is -0.383. The molecule has 2 unspecified atom stereocenters. The van der Waals surface area contributed by atoms with Crippen LogP contribution in [-0.4, -0.2) is 30.7 Å². The SMILES string of the molecule is Nc1cc(S(=O)(=O)N2CC3CCCC3C2)ccc1[N+](=O)[O-]. The van der Waals surface area contributed by atoms with Crippen LogP contribution in [0, 0.1) is 22.0 Å². The largest absolute Gasteiger partial charge is 0.393 e. The first-order chi connectivity index (χ1) is 9.89. The molecular weight excluding hydrogens is 294 g/mol. The van der Waals surface area contributed by atoms with Crippen LogP contribution in [0.2, 0.25) is 0 Å². The van der Waals surface area contributed by atoms with Gasteiger partial charge in [-0.3, -0.25) is 10.1 Å². The molecule has 0 bridgehead atoms. The van der Waals surface area contributed by atoms with Crippen molar-refractivity contribution in [1.82, 2.24) is 4.31 Å². The molecule has 3 rings (SSSR count). The van der Waals surface area contributed by atoms with Crippen molar-refractivity contribution in [2.75, 3.05) is 18.8 Å². The van der Waals surface area contributed by atoms with E-state index < -0.39 is 14.9 Å². The Bertz CT molecular complexity index is 677. The van der Waals surface area contributed by atoms with Crippen molar-refractivity contribution in [3.63, 3.8) is 0 Å². The summed E-state index contributed by atoms with van der Waals surface area (Å²) in [6.45, 7) is 1.09. The van der Waals surface area contributed by atoms with Crippen LogP contribution in [0.1, 0.15) is 19.3 Å². The highest BCUT2D eigenvalue weighted by molar-refractivity contribution is 7.89. The second-order valence-electron chi connectivity index (χ2n) is 5.75. The molecule has 0 radical (unpaired) electrons. The average Bonchev–Trinajstić information content (AvgIpc) is 2.98. The Hall–Kier alpha value is -1.67. The number of nitrogens with two attached hydrogens (primary N) is 1. The minimum Gasteiger partial charge on any atom is -0.393 e. The summed E-state index contributed by atoms with van der Waals surface area (Å²) in [5.74, 6) is 0.908. The molecule has 0 amide bonds. The third-order valence-corrected chi connectivity index (χ3v) is 6.35. The van der Waals surface area contributed by atoms with Gasteiger partial charge in [0.05, 0.1) is 9.82 Å². The quantitative estimate of drug-likeness (QED) is 0.518. The number of fused-ring (bicyclic) bond motifs is 1. The number of anilines is 1. The van der Waals surface area contributed by atoms with E-state index in [9.17, 15) is 18.5 Å². The maximum atomic E-state index is 12.6. The maximum absolute atomic E-state index is 12.6. The third-order valence-electron chi connectivity index (χ3n) is 4.53. The lowest BCUT2D eigenvalue weighted by atomic mass is 10.0. The van der Waals surface area contributed by atoms with Gasteiger partial charge in [-0.25, -0.2) is 8.42 Å². The first-order valence-electron chi connectivity index (χ1n) is 6.93. The zero-order chi connectivity index (χ0) is 15.2. The highest BCUT2D eigenvalue weighted by Gasteiger charge is 2.41. The molecule has 2 atom stereocenters. The molecule has 21 heavy (non-hydrogen) atoms. The summed E-state index contributed by atoms with van der Waals surface area (Å²) >= 11 is 0. The van der Waals surface area contributed by atoms with E-state index in [-0.39, 0.29) is 16.3 Å². The fourth-order valence-electron chi connectivity index (χ4n) is 3.40. The minimum absolute atomic E-state index is 0.0329. The number of nitro groups is 1. The fourth-order valence-corrected chi connectivity index (χ4v) is 4.99. The number of hydrogen-bond acceptors (Lipinski definition) is 5. The monoisotopic (exact) mass is 311 g/mol. The number of nitrogen functional groups attached to an aromatic ring is 1. The summed E-state index contributed by atoms with van der Waals surface area (Å²) in [7, 11) is -3.61. The van der Waals surface area contributed by atoms with E-state index in [1.54, 1.807) is 0 Å². The van der Waals surface area contributed by atoms with Crippen molar-refractivity contribution in [3.8, 4) is 0 Å². The number of sulfonamides is 1. The topological polar surface area (TPSA) is 107 Å². The van der Waals surface area contributed by atoms with Crippen LogP contribution in [0.25, 0.3) is 0 Å². The number of nitro benzene ring substituents is 1. The Kier molecular flexibility index (Phi) is 3.37. The van der Waals surface area contributed by atoms with Gasteiger partial charge < -0.3 is 5.73 Å².